The summed E-state index contributed by atoms with van der Waals surface area (Å²) in [5.74, 6) is -0.597. The third-order valence-corrected chi connectivity index (χ3v) is 7.46. The molecular formula is C23H42NO3. The molecule has 2 saturated carbocycles. The highest BCUT2D eigenvalue weighted by Gasteiger charge is 2.58. The average Bonchev–Trinajstić information content (AvgIpc) is 2.66. The molecular weight excluding hydrogens is 338 g/mol. The molecule has 4 heteroatoms. The molecule has 27 heavy (non-hydrogen) atoms. The van der Waals surface area contributed by atoms with Crippen molar-refractivity contribution in [2.45, 2.75) is 147 Å². The number of nitrogens with zero attached hydrogens (tertiary/aromatic N) is 1. The second-order valence-corrected chi connectivity index (χ2v) is 10.1. The summed E-state index contributed by atoms with van der Waals surface area (Å²) in [6.45, 7) is 8.48. The van der Waals surface area contributed by atoms with Crippen molar-refractivity contribution in [2.24, 2.45) is 0 Å². The molecule has 0 aromatic heterocycles. The third kappa shape index (κ3) is 4.71. The van der Waals surface area contributed by atoms with E-state index in [-0.39, 0.29) is 5.54 Å². The summed E-state index contributed by atoms with van der Waals surface area (Å²) in [6.07, 6.45) is 15.9. The molecule has 0 atom stereocenters. The molecule has 0 aromatic carbocycles. The standard InChI is InChI=1S/C23H42NO3/c1-5-22(6-2)18-23(17-21(3,4)24(22)25,26-19-13-9-7-10-14-19)27-20-15-11-8-12-16-20/h19-20H,5-18H2,1-4H3. The lowest BCUT2D eigenvalue weighted by atomic mass is 9.73. The van der Waals surface area contributed by atoms with Crippen molar-refractivity contribution in [1.82, 2.24) is 5.06 Å². The summed E-state index contributed by atoms with van der Waals surface area (Å²) in [7, 11) is 0. The molecule has 1 radical (unpaired) electrons. The van der Waals surface area contributed by atoms with E-state index in [1.165, 1.54) is 43.6 Å². The molecule has 0 unspecified atom stereocenters. The monoisotopic (exact) mass is 380 g/mol. The van der Waals surface area contributed by atoms with Gasteiger partial charge in [0.05, 0.1) is 17.7 Å². The van der Waals surface area contributed by atoms with Crippen LogP contribution < -0.4 is 0 Å². The number of hydroxylamine groups is 2. The van der Waals surface area contributed by atoms with Gasteiger partial charge in [-0.2, -0.15) is 0 Å². The Morgan fingerprint density at radius 1 is 0.778 bits per heavy atom. The molecule has 157 valence electrons. The Hall–Kier alpha value is -0.160. The van der Waals surface area contributed by atoms with E-state index in [1.807, 2.05) is 0 Å². The van der Waals surface area contributed by atoms with Gasteiger partial charge in [-0.15, -0.1) is 10.3 Å². The highest BCUT2D eigenvalue weighted by molar-refractivity contribution is 5.04. The zero-order chi connectivity index (χ0) is 19.5. The smallest absolute Gasteiger partial charge is 0.172 e. The highest BCUT2D eigenvalue weighted by Crippen LogP contribution is 2.50. The molecule has 0 amide bonds. The SMILES string of the molecule is CCC1(CC)CC(OC2CCCCC2)(OC2CCCCC2)CC(C)(C)N1[O]. The van der Waals surface area contributed by atoms with Crippen LogP contribution in [0.25, 0.3) is 0 Å². The second kappa shape index (κ2) is 8.69. The normalized spacial score (nSPS) is 29.7. The molecule has 0 bridgehead atoms. The maximum atomic E-state index is 13.3. The summed E-state index contributed by atoms with van der Waals surface area (Å²) in [4.78, 5) is 0. The van der Waals surface area contributed by atoms with Crippen molar-refractivity contribution in [2.75, 3.05) is 0 Å². The molecule has 0 spiro atoms. The molecule has 3 aliphatic rings. The van der Waals surface area contributed by atoms with Gasteiger partial charge in [0, 0.05) is 18.4 Å². The minimum atomic E-state index is -0.597. The molecule has 1 saturated heterocycles. The lowest BCUT2D eigenvalue weighted by molar-refractivity contribution is -0.385. The Balaban J connectivity index is 1.88. The van der Waals surface area contributed by atoms with Gasteiger partial charge in [-0.1, -0.05) is 52.4 Å². The first-order chi connectivity index (χ1) is 12.8. The summed E-state index contributed by atoms with van der Waals surface area (Å²) in [5.41, 5.74) is -0.849. The van der Waals surface area contributed by atoms with Crippen LogP contribution in [-0.4, -0.2) is 34.1 Å². The van der Waals surface area contributed by atoms with E-state index in [9.17, 15) is 5.21 Å². The summed E-state index contributed by atoms with van der Waals surface area (Å²) in [5, 5.41) is 14.7. The fourth-order valence-corrected chi connectivity index (χ4v) is 5.96. The maximum Gasteiger partial charge on any atom is 0.172 e. The van der Waals surface area contributed by atoms with Crippen molar-refractivity contribution in [3.63, 3.8) is 0 Å². The predicted molar refractivity (Wildman–Crippen MR) is 108 cm³/mol. The Kier molecular flexibility index (Phi) is 6.93. The number of piperidine rings is 1. The maximum absolute atomic E-state index is 13.3. The zero-order valence-corrected chi connectivity index (χ0v) is 18.2. The Labute approximate surface area is 166 Å². The van der Waals surface area contributed by atoms with Gasteiger partial charge >= 0.3 is 0 Å². The molecule has 1 aliphatic heterocycles. The number of hydrogen-bond donors (Lipinski definition) is 0. The first-order valence-corrected chi connectivity index (χ1v) is 11.7. The Bertz CT molecular complexity index is 442. The fraction of sp³-hybridized carbons (Fsp3) is 1.00. The molecule has 3 fully saturated rings. The average molecular weight is 381 g/mol. The first kappa shape index (κ1) is 21.5. The van der Waals surface area contributed by atoms with E-state index in [2.05, 4.69) is 27.7 Å². The van der Waals surface area contributed by atoms with Crippen LogP contribution in [0.1, 0.15) is 118 Å². The molecule has 1 heterocycles. The highest BCUT2D eigenvalue weighted by atomic mass is 16.7. The van der Waals surface area contributed by atoms with Crippen LogP contribution in [0.15, 0.2) is 0 Å². The minimum Gasteiger partial charge on any atom is -0.347 e. The van der Waals surface area contributed by atoms with Crippen LogP contribution in [0.3, 0.4) is 0 Å². The third-order valence-electron chi connectivity index (χ3n) is 7.46. The minimum absolute atomic E-state index is 0.294. The molecule has 0 aromatic rings. The number of hydrogen-bond acceptors (Lipinski definition) is 3. The Morgan fingerprint density at radius 3 is 1.63 bits per heavy atom. The van der Waals surface area contributed by atoms with Crippen molar-refractivity contribution < 1.29 is 14.7 Å². The molecule has 3 rings (SSSR count). The van der Waals surface area contributed by atoms with Crippen LogP contribution in [0.2, 0.25) is 0 Å². The van der Waals surface area contributed by atoms with Gasteiger partial charge in [0.15, 0.2) is 5.79 Å². The van der Waals surface area contributed by atoms with Gasteiger partial charge in [-0.05, 0) is 52.4 Å². The van der Waals surface area contributed by atoms with Crippen molar-refractivity contribution >= 4 is 0 Å². The van der Waals surface area contributed by atoms with Gasteiger partial charge in [0.1, 0.15) is 0 Å². The van der Waals surface area contributed by atoms with E-state index >= 15 is 0 Å². The van der Waals surface area contributed by atoms with Crippen LogP contribution in [-0.2, 0) is 14.7 Å². The number of rotatable bonds is 6. The van der Waals surface area contributed by atoms with E-state index in [0.717, 1.165) is 38.5 Å². The van der Waals surface area contributed by atoms with Crippen LogP contribution in [0.5, 0.6) is 0 Å². The largest absolute Gasteiger partial charge is 0.347 e. The van der Waals surface area contributed by atoms with E-state index < -0.39 is 11.3 Å². The quantitative estimate of drug-likeness (QED) is 0.518. The topological polar surface area (TPSA) is 41.6 Å². The van der Waals surface area contributed by atoms with Gasteiger partial charge in [-0.3, -0.25) is 0 Å². The summed E-state index contributed by atoms with van der Waals surface area (Å²) in [6, 6.07) is 0. The fourth-order valence-electron chi connectivity index (χ4n) is 5.96. The lowest BCUT2D eigenvalue weighted by Crippen LogP contribution is -2.67. The van der Waals surface area contributed by atoms with Crippen molar-refractivity contribution in [1.29, 1.82) is 0 Å². The van der Waals surface area contributed by atoms with E-state index in [4.69, 9.17) is 9.47 Å². The van der Waals surface area contributed by atoms with E-state index in [1.54, 1.807) is 0 Å². The summed E-state index contributed by atoms with van der Waals surface area (Å²) >= 11 is 0. The second-order valence-electron chi connectivity index (χ2n) is 10.1. The molecule has 4 nitrogen and oxygen atoms in total. The van der Waals surface area contributed by atoms with Gasteiger partial charge in [0.25, 0.3) is 0 Å². The van der Waals surface area contributed by atoms with Crippen LogP contribution in [0, 0.1) is 0 Å². The van der Waals surface area contributed by atoms with Gasteiger partial charge in [-0.25, -0.2) is 0 Å². The summed E-state index contributed by atoms with van der Waals surface area (Å²) < 4.78 is 13.8. The Morgan fingerprint density at radius 2 is 1.22 bits per heavy atom. The molecule has 0 N–H and O–H groups in total. The first-order valence-electron chi connectivity index (χ1n) is 11.7. The van der Waals surface area contributed by atoms with Crippen LogP contribution >= 0.6 is 0 Å². The van der Waals surface area contributed by atoms with Gasteiger partial charge in [0.2, 0.25) is 0 Å². The van der Waals surface area contributed by atoms with Gasteiger partial charge < -0.3 is 9.47 Å². The van der Waals surface area contributed by atoms with Crippen molar-refractivity contribution in [3.8, 4) is 0 Å². The van der Waals surface area contributed by atoms with Crippen molar-refractivity contribution in [3.05, 3.63) is 0 Å². The zero-order valence-electron chi connectivity index (χ0n) is 18.2. The lowest BCUT2D eigenvalue weighted by Gasteiger charge is -2.58. The van der Waals surface area contributed by atoms with E-state index in [0.29, 0.717) is 25.0 Å². The predicted octanol–water partition coefficient (Wildman–Crippen LogP) is 6.16. The number of ether oxygens (including phenoxy) is 2. The molecule has 2 aliphatic carbocycles. The van der Waals surface area contributed by atoms with Crippen LogP contribution in [0.4, 0.5) is 0 Å².